The Morgan fingerprint density at radius 1 is 1.13 bits per heavy atom. The monoisotopic (exact) mass is 442 g/mol. The van der Waals surface area contributed by atoms with Gasteiger partial charge in [-0.2, -0.15) is 0 Å². The lowest BCUT2D eigenvalue weighted by atomic mass is 10.1. The number of amides is 1. The predicted molar refractivity (Wildman–Crippen MR) is 124 cm³/mol. The molecular weight excluding hydrogens is 416 g/mol. The molecular formula is C23H27ClN4O3. The molecule has 1 saturated heterocycles. The van der Waals surface area contributed by atoms with E-state index in [0.717, 1.165) is 44.0 Å². The number of likely N-dealkylation sites (N-methyl/N-ethyl adjacent to an activating group) is 1. The summed E-state index contributed by atoms with van der Waals surface area (Å²) in [5.41, 5.74) is 4.16. The van der Waals surface area contributed by atoms with Gasteiger partial charge in [0.15, 0.2) is 5.58 Å². The molecule has 1 aromatic heterocycles. The molecule has 2 aromatic carbocycles. The number of benzene rings is 2. The summed E-state index contributed by atoms with van der Waals surface area (Å²) in [4.78, 5) is 29.4. The Kier molecular flexibility index (Phi) is 6.34. The van der Waals surface area contributed by atoms with Crippen molar-refractivity contribution in [2.75, 3.05) is 42.9 Å². The smallest absolute Gasteiger partial charge is 0.408 e. The van der Waals surface area contributed by atoms with E-state index in [-0.39, 0.29) is 18.9 Å². The molecule has 0 aliphatic carbocycles. The molecule has 0 spiro atoms. The van der Waals surface area contributed by atoms with Crippen molar-refractivity contribution in [2.24, 2.45) is 0 Å². The lowest BCUT2D eigenvalue weighted by Gasteiger charge is -2.36. The number of anilines is 2. The maximum Gasteiger partial charge on any atom is 0.419 e. The molecule has 0 unspecified atom stereocenters. The van der Waals surface area contributed by atoms with Crippen LogP contribution in [0.25, 0.3) is 11.1 Å². The Morgan fingerprint density at radius 3 is 2.61 bits per heavy atom. The van der Waals surface area contributed by atoms with E-state index in [1.54, 1.807) is 18.2 Å². The van der Waals surface area contributed by atoms with Gasteiger partial charge in [-0.05, 0) is 49.4 Å². The SMILES string of the molecule is CCN1CCN(c2ccc(NC(=O)CCn3c(=O)oc4cc(Cl)ccc43)cc2C)CC1. The van der Waals surface area contributed by atoms with Crippen LogP contribution in [0, 0.1) is 6.92 Å². The highest BCUT2D eigenvalue weighted by molar-refractivity contribution is 6.31. The van der Waals surface area contributed by atoms with E-state index >= 15 is 0 Å². The second-order valence-electron chi connectivity index (χ2n) is 7.85. The zero-order chi connectivity index (χ0) is 22.0. The van der Waals surface area contributed by atoms with Crippen molar-refractivity contribution < 1.29 is 9.21 Å². The molecule has 1 fully saturated rings. The second-order valence-corrected chi connectivity index (χ2v) is 8.29. The van der Waals surface area contributed by atoms with Crippen molar-refractivity contribution in [1.82, 2.24) is 9.47 Å². The van der Waals surface area contributed by atoms with Crippen LogP contribution in [0.2, 0.25) is 5.02 Å². The zero-order valence-corrected chi connectivity index (χ0v) is 18.6. The minimum absolute atomic E-state index is 0.154. The summed E-state index contributed by atoms with van der Waals surface area (Å²) in [6.45, 7) is 9.76. The number of halogens is 1. The van der Waals surface area contributed by atoms with Crippen LogP contribution in [-0.4, -0.2) is 48.1 Å². The van der Waals surface area contributed by atoms with Crippen LogP contribution in [-0.2, 0) is 11.3 Å². The van der Waals surface area contributed by atoms with Crippen LogP contribution in [0.1, 0.15) is 18.9 Å². The molecule has 0 bridgehead atoms. The number of oxazole rings is 1. The molecule has 3 aromatic rings. The Hall–Kier alpha value is -2.77. The van der Waals surface area contributed by atoms with Gasteiger partial charge in [0.2, 0.25) is 5.91 Å². The zero-order valence-electron chi connectivity index (χ0n) is 17.9. The number of hydrogen-bond donors (Lipinski definition) is 1. The first-order valence-corrected chi connectivity index (χ1v) is 11.0. The second kappa shape index (κ2) is 9.16. The van der Waals surface area contributed by atoms with E-state index in [1.165, 1.54) is 10.3 Å². The predicted octanol–water partition coefficient (Wildman–Crippen LogP) is 3.73. The fourth-order valence-corrected chi connectivity index (χ4v) is 4.24. The first kappa shape index (κ1) is 21.5. The van der Waals surface area contributed by atoms with E-state index < -0.39 is 5.76 Å². The molecule has 1 N–H and O–H groups in total. The maximum atomic E-state index is 12.5. The Morgan fingerprint density at radius 2 is 1.90 bits per heavy atom. The summed E-state index contributed by atoms with van der Waals surface area (Å²) in [5, 5.41) is 3.43. The largest absolute Gasteiger partial charge is 0.419 e. The number of carbonyl (C=O) groups is 1. The molecule has 0 radical (unpaired) electrons. The van der Waals surface area contributed by atoms with Crippen LogP contribution in [0.3, 0.4) is 0 Å². The molecule has 0 atom stereocenters. The lowest BCUT2D eigenvalue weighted by Crippen LogP contribution is -2.46. The number of hydrogen-bond acceptors (Lipinski definition) is 5. The number of fused-ring (bicyclic) bond motifs is 1. The highest BCUT2D eigenvalue weighted by Gasteiger charge is 2.18. The van der Waals surface area contributed by atoms with Crippen molar-refractivity contribution in [1.29, 1.82) is 0 Å². The molecule has 4 rings (SSSR count). The summed E-state index contributed by atoms with van der Waals surface area (Å²) in [5.74, 6) is -0.646. The van der Waals surface area contributed by atoms with Crippen LogP contribution in [0.4, 0.5) is 11.4 Å². The number of aryl methyl sites for hydroxylation is 2. The van der Waals surface area contributed by atoms with E-state index in [1.807, 2.05) is 12.1 Å². The third kappa shape index (κ3) is 4.78. The van der Waals surface area contributed by atoms with Crippen molar-refractivity contribution in [3.63, 3.8) is 0 Å². The number of nitrogens with one attached hydrogen (secondary N) is 1. The van der Waals surface area contributed by atoms with E-state index in [2.05, 4.69) is 35.0 Å². The van der Waals surface area contributed by atoms with Gasteiger partial charge < -0.3 is 19.5 Å². The van der Waals surface area contributed by atoms with Gasteiger partial charge in [0.05, 0.1) is 5.52 Å². The standard InChI is InChI=1S/C23H27ClN4O3/c1-3-26-10-12-27(13-11-26)19-7-5-18(14-16(19)2)25-22(29)8-9-28-20-6-4-17(24)15-21(20)31-23(28)30/h4-7,14-15H,3,8-13H2,1-2H3,(H,25,29). The Labute approximate surface area is 186 Å². The third-order valence-corrected chi connectivity index (χ3v) is 6.07. The van der Waals surface area contributed by atoms with Crippen molar-refractivity contribution in [3.8, 4) is 0 Å². The molecule has 31 heavy (non-hydrogen) atoms. The highest BCUT2D eigenvalue weighted by atomic mass is 35.5. The van der Waals surface area contributed by atoms with Crippen LogP contribution < -0.4 is 16.0 Å². The fourth-order valence-electron chi connectivity index (χ4n) is 4.08. The van der Waals surface area contributed by atoms with E-state index in [0.29, 0.717) is 16.1 Å². The van der Waals surface area contributed by atoms with Crippen molar-refractivity contribution >= 4 is 40.0 Å². The molecule has 2 heterocycles. The maximum absolute atomic E-state index is 12.5. The fraction of sp³-hybridized carbons (Fsp3) is 0.391. The number of carbonyl (C=O) groups excluding carboxylic acids is 1. The number of rotatable bonds is 6. The molecule has 164 valence electrons. The van der Waals surface area contributed by atoms with Crippen LogP contribution >= 0.6 is 11.6 Å². The van der Waals surface area contributed by atoms with Gasteiger partial charge in [0.1, 0.15) is 0 Å². The number of nitrogens with zero attached hydrogens (tertiary/aromatic N) is 3. The van der Waals surface area contributed by atoms with Crippen LogP contribution in [0.5, 0.6) is 0 Å². The normalized spacial score (nSPS) is 14.9. The molecule has 1 aliphatic heterocycles. The van der Waals surface area contributed by atoms with E-state index in [9.17, 15) is 9.59 Å². The summed E-state index contributed by atoms with van der Waals surface area (Å²) < 4.78 is 6.67. The van der Waals surface area contributed by atoms with Crippen LogP contribution in [0.15, 0.2) is 45.6 Å². The third-order valence-electron chi connectivity index (χ3n) is 5.83. The molecule has 1 amide bonds. The van der Waals surface area contributed by atoms with E-state index in [4.69, 9.17) is 16.0 Å². The van der Waals surface area contributed by atoms with Gasteiger partial charge in [-0.3, -0.25) is 9.36 Å². The van der Waals surface area contributed by atoms with Gasteiger partial charge in [-0.25, -0.2) is 4.79 Å². The topological polar surface area (TPSA) is 70.7 Å². The van der Waals surface area contributed by atoms with Gasteiger partial charge in [-0.1, -0.05) is 18.5 Å². The summed E-state index contributed by atoms with van der Waals surface area (Å²) >= 11 is 5.94. The highest BCUT2D eigenvalue weighted by Crippen LogP contribution is 2.25. The molecule has 0 saturated carbocycles. The molecule has 8 heteroatoms. The van der Waals surface area contributed by atoms with Gasteiger partial charge >= 0.3 is 5.76 Å². The molecule has 1 aliphatic rings. The first-order valence-electron chi connectivity index (χ1n) is 10.6. The summed E-state index contributed by atoms with van der Waals surface area (Å²) in [6.07, 6.45) is 0.164. The Bertz CT molecular complexity index is 1150. The number of piperazine rings is 1. The lowest BCUT2D eigenvalue weighted by molar-refractivity contribution is -0.116. The summed E-state index contributed by atoms with van der Waals surface area (Å²) in [6, 6.07) is 11.0. The van der Waals surface area contributed by atoms with Crippen molar-refractivity contribution in [2.45, 2.75) is 26.8 Å². The molecule has 7 nitrogen and oxygen atoms in total. The van der Waals surface area contributed by atoms with Gasteiger partial charge in [0, 0.05) is 61.6 Å². The van der Waals surface area contributed by atoms with Gasteiger partial charge in [0.25, 0.3) is 0 Å². The number of aromatic nitrogens is 1. The first-order chi connectivity index (χ1) is 14.9. The van der Waals surface area contributed by atoms with Gasteiger partial charge in [-0.15, -0.1) is 0 Å². The quantitative estimate of drug-likeness (QED) is 0.629. The summed E-state index contributed by atoms with van der Waals surface area (Å²) in [7, 11) is 0. The minimum atomic E-state index is -0.492. The minimum Gasteiger partial charge on any atom is -0.408 e. The Balaban J connectivity index is 1.38. The average Bonchev–Trinajstić information content (AvgIpc) is 3.06. The van der Waals surface area contributed by atoms with Crippen molar-refractivity contribution in [3.05, 3.63) is 57.5 Å². The average molecular weight is 443 g/mol.